The molecule has 0 spiro atoms. The highest BCUT2D eigenvalue weighted by atomic mass is 16.7. The Morgan fingerprint density at radius 3 is 2.09 bits per heavy atom. The molecule has 0 aromatic heterocycles. The third-order valence-corrected chi connectivity index (χ3v) is 6.23. The number of hydrogen-bond acceptors (Lipinski definition) is 6. The van der Waals surface area contributed by atoms with Crippen LogP contribution in [0.5, 0.6) is 11.5 Å². The molecular weight excluding hydrogens is 444 g/mol. The number of fused-ring (bicyclic) bond motifs is 1. The minimum absolute atomic E-state index is 0.278. The van der Waals surface area contributed by atoms with Gasteiger partial charge in [-0.05, 0) is 67.4 Å². The molecule has 2 saturated heterocycles. The highest BCUT2D eigenvalue weighted by Gasteiger charge is 2.60. The molecule has 180 valence electrons. The monoisotopic (exact) mass is 472 g/mol. The van der Waals surface area contributed by atoms with Crippen LogP contribution in [0.25, 0.3) is 0 Å². The van der Waals surface area contributed by atoms with E-state index in [2.05, 4.69) is 0 Å². The van der Waals surface area contributed by atoms with E-state index in [1.54, 1.807) is 29.3 Å². The average Bonchev–Trinajstić information content (AvgIpc) is 3.40. The third-order valence-electron chi connectivity index (χ3n) is 6.23. The van der Waals surface area contributed by atoms with Gasteiger partial charge in [0.1, 0.15) is 17.4 Å². The Hall–Kier alpha value is -3.84. The lowest BCUT2D eigenvalue weighted by Crippen LogP contribution is -2.37. The summed E-state index contributed by atoms with van der Waals surface area (Å²) >= 11 is 0. The number of amides is 2. The van der Waals surface area contributed by atoms with Crippen molar-refractivity contribution in [3.63, 3.8) is 0 Å². The van der Waals surface area contributed by atoms with Crippen LogP contribution in [0.2, 0.25) is 0 Å². The minimum atomic E-state index is -0.907. The van der Waals surface area contributed by atoms with Gasteiger partial charge in [0.2, 0.25) is 5.91 Å². The number of anilines is 2. The fourth-order valence-corrected chi connectivity index (χ4v) is 4.65. The van der Waals surface area contributed by atoms with Gasteiger partial charge >= 0.3 is 0 Å². The normalized spacial score (nSPS) is 21.4. The number of ether oxygens (including phenoxy) is 2. The van der Waals surface area contributed by atoms with Crippen molar-refractivity contribution in [1.29, 1.82) is 0 Å². The van der Waals surface area contributed by atoms with Crippen molar-refractivity contribution >= 4 is 23.2 Å². The maximum absolute atomic E-state index is 13.7. The Labute approximate surface area is 204 Å². The SMILES string of the molecule is CCCOc1ccc(N2C(=O)[C@@H]3[C@@H](c4ccc(OCC)cc4)N(c4ccccc4)O[C@H]3C2=O)cc1. The summed E-state index contributed by atoms with van der Waals surface area (Å²) in [5, 5.41) is 1.69. The number of imide groups is 1. The second kappa shape index (κ2) is 9.80. The van der Waals surface area contributed by atoms with E-state index < -0.39 is 18.1 Å². The van der Waals surface area contributed by atoms with Crippen LogP contribution in [0.4, 0.5) is 11.4 Å². The lowest BCUT2D eigenvalue weighted by atomic mass is 9.90. The molecule has 0 aliphatic carbocycles. The second-order valence-corrected chi connectivity index (χ2v) is 8.51. The Morgan fingerprint density at radius 2 is 1.43 bits per heavy atom. The van der Waals surface area contributed by atoms with E-state index in [4.69, 9.17) is 14.3 Å². The van der Waals surface area contributed by atoms with Gasteiger partial charge in [0.25, 0.3) is 5.91 Å². The van der Waals surface area contributed by atoms with Crippen LogP contribution in [0.15, 0.2) is 78.9 Å². The predicted molar refractivity (Wildman–Crippen MR) is 132 cm³/mol. The molecule has 2 amide bonds. The van der Waals surface area contributed by atoms with E-state index >= 15 is 0 Å². The smallest absolute Gasteiger partial charge is 0.266 e. The molecule has 2 heterocycles. The molecule has 0 unspecified atom stereocenters. The molecule has 0 N–H and O–H groups in total. The fourth-order valence-electron chi connectivity index (χ4n) is 4.65. The van der Waals surface area contributed by atoms with Gasteiger partial charge in [-0.2, -0.15) is 0 Å². The van der Waals surface area contributed by atoms with Gasteiger partial charge in [0.05, 0.1) is 30.6 Å². The number of rotatable bonds is 8. The van der Waals surface area contributed by atoms with Gasteiger partial charge in [-0.15, -0.1) is 0 Å². The molecule has 0 radical (unpaired) electrons. The molecule has 7 heteroatoms. The molecule has 3 aromatic carbocycles. The standard InChI is InChI=1S/C28H28N2O5/c1-3-18-34-23-16-12-20(13-17-23)29-27(31)24-25(19-10-14-22(15-11-19)33-4-2)30(35-26(24)28(29)32)21-8-6-5-7-9-21/h5-17,24-26H,3-4,18H2,1-2H3/t24-,25-,26-/m1/s1. The zero-order valence-electron chi connectivity index (χ0n) is 19.8. The highest BCUT2D eigenvalue weighted by Crippen LogP contribution is 2.47. The maximum atomic E-state index is 13.7. The summed E-state index contributed by atoms with van der Waals surface area (Å²) in [6.07, 6.45) is -0.00793. The van der Waals surface area contributed by atoms with Crippen molar-refractivity contribution in [3.8, 4) is 11.5 Å². The molecule has 35 heavy (non-hydrogen) atoms. The summed E-state index contributed by atoms with van der Waals surface area (Å²) in [7, 11) is 0. The van der Waals surface area contributed by atoms with Crippen LogP contribution in [0.1, 0.15) is 31.9 Å². The van der Waals surface area contributed by atoms with Crippen LogP contribution >= 0.6 is 0 Å². The van der Waals surface area contributed by atoms with Crippen molar-refractivity contribution in [2.75, 3.05) is 23.2 Å². The molecule has 7 nitrogen and oxygen atoms in total. The van der Waals surface area contributed by atoms with Crippen LogP contribution < -0.4 is 19.4 Å². The minimum Gasteiger partial charge on any atom is -0.494 e. The van der Waals surface area contributed by atoms with E-state index in [1.807, 2.05) is 68.4 Å². The van der Waals surface area contributed by atoms with Crippen molar-refractivity contribution in [3.05, 3.63) is 84.4 Å². The van der Waals surface area contributed by atoms with E-state index in [0.29, 0.717) is 24.7 Å². The van der Waals surface area contributed by atoms with Gasteiger partial charge in [-0.25, -0.2) is 9.96 Å². The number of carbonyl (C=O) groups is 2. The molecule has 2 aliphatic heterocycles. The third kappa shape index (κ3) is 4.23. The molecule has 0 saturated carbocycles. The van der Waals surface area contributed by atoms with E-state index in [1.165, 1.54) is 4.90 Å². The lowest BCUT2D eigenvalue weighted by Gasteiger charge is -2.29. The molecule has 5 rings (SSSR count). The topological polar surface area (TPSA) is 68.3 Å². The van der Waals surface area contributed by atoms with Crippen molar-refractivity contribution < 1.29 is 23.9 Å². The largest absolute Gasteiger partial charge is 0.494 e. The first-order chi connectivity index (χ1) is 17.1. The number of benzene rings is 3. The maximum Gasteiger partial charge on any atom is 0.266 e. The summed E-state index contributed by atoms with van der Waals surface area (Å²) in [5.74, 6) is 0.125. The molecule has 3 aromatic rings. The first kappa shape index (κ1) is 22.9. The van der Waals surface area contributed by atoms with Crippen molar-refractivity contribution in [2.45, 2.75) is 32.4 Å². The highest BCUT2D eigenvalue weighted by molar-refractivity contribution is 6.23. The number of para-hydroxylation sites is 1. The molecular formula is C28H28N2O5. The number of carbonyl (C=O) groups excluding carboxylic acids is 2. The van der Waals surface area contributed by atoms with Crippen LogP contribution in [-0.2, 0) is 14.4 Å². The Morgan fingerprint density at radius 1 is 0.771 bits per heavy atom. The molecule has 0 bridgehead atoms. The number of nitrogens with zero attached hydrogens (tertiary/aromatic N) is 2. The van der Waals surface area contributed by atoms with Gasteiger partial charge in [0, 0.05) is 0 Å². The van der Waals surface area contributed by atoms with Crippen LogP contribution in [0.3, 0.4) is 0 Å². The molecule has 2 fully saturated rings. The fraction of sp³-hybridized carbons (Fsp3) is 0.286. The van der Waals surface area contributed by atoms with Crippen LogP contribution in [0, 0.1) is 5.92 Å². The average molecular weight is 473 g/mol. The quantitative estimate of drug-likeness (QED) is 0.433. The van der Waals surface area contributed by atoms with E-state index in [-0.39, 0.29) is 11.8 Å². The summed E-state index contributed by atoms with van der Waals surface area (Å²) in [6.45, 7) is 5.14. The summed E-state index contributed by atoms with van der Waals surface area (Å²) < 4.78 is 11.2. The number of hydroxylamine groups is 1. The number of hydrogen-bond donors (Lipinski definition) is 0. The van der Waals surface area contributed by atoms with Gasteiger partial charge in [-0.1, -0.05) is 37.3 Å². The first-order valence-corrected chi connectivity index (χ1v) is 12.0. The predicted octanol–water partition coefficient (Wildman–Crippen LogP) is 4.93. The van der Waals surface area contributed by atoms with Gasteiger partial charge in [0.15, 0.2) is 6.10 Å². The van der Waals surface area contributed by atoms with E-state index in [9.17, 15) is 9.59 Å². The van der Waals surface area contributed by atoms with Crippen molar-refractivity contribution in [2.24, 2.45) is 5.92 Å². The zero-order valence-corrected chi connectivity index (χ0v) is 19.8. The van der Waals surface area contributed by atoms with Crippen LogP contribution in [-0.4, -0.2) is 31.1 Å². The van der Waals surface area contributed by atoms with Gasteiger partial charge < -0.3 is 9.47 Å². The first-order valence-electron chi connectivity index (χ1n) is 12.0. The molecule has 2 aliphatic rings. The summed E-state index contributed by atoms with van der Waals surface area (Å²) in [6, 6.07) is 23.7. The zero-order chi connectivity index (χ0) is 24.4. The summed E-state index contributed by atoms with van der Waals surface area (Å²) in [4.78, 5) is 34.6. The second-order valence-electron chi connectivity index (χ2n) is 8.51. The van der Waals surface area contributed by atoms with Gasteiger partial charge in [-0.3, -0.25) is 14.4 Å². The summed E-state index contributed by atoms with van der Waals surface area (Å²) in [5.41, 5.74) is 2.17. The molecule has 3 atom stereocenters. The van der Waals surface area contributed by atoms with Crippen molar-refractivity contribution in [1.82, 2.24) is 0 Å². The Balaban J connectivity index is 1.48. The lowest BCUT2D eigenvalue weighted by molar-refractivity contribution is -0.126. The Kier molecular flexibility index (Phi) is 6.42. The Bertz CT molecular complexity index is 1180. The van der Waals surface area contributed by atoms with E-state index in [0.717, 1.165) is 23.4 Å².